The van der Waals surface area contributed by atoms with Crippen LogP contribution in [0.1, 0.15) is 23.2 Å². The van der Waals surface area contributed by atoms with Gasteiger partial charge < -0.3 is 15.4 Å². The van der Waals surface area contributed by atoms with Crippen molar-refractivity contribution in [1.82, 2.24) is 4.90 Å². The first-order valence-electron chi connectivity index (χ1n) is 6.39. The number of nitrogen functional groups attached to an aromatic ring is 1. The van der Waals surface area contributed by atoms with Gasteiger partial charge in [0.25, 0.3) is 11.6 Å². The molecule has 0 atom stereocenters. The van der Waals surface area contributed by atoms with Gasteiger partial charge >= 0.3 is 0 Å². The fourth-order valence-electron chi connectivity index (χ4n) is 2.28. The summed E-state index contributed by atoms with van der Waals surface area (Å²) in [6, 6.07) is 4.24. The lowest BCUT2D eigenvalue weighted by atomic mass is 10.1. The minimum Gasteiger partial charge on any atom is -0.393 e. The molecule has 0 bridgehead atoms. The number of nitro groups is 1. The van der Waals surface area contributed by atoms with Gasteiger partial charge in [0.2, 0.25) is 0 Å². The van der Waals surface area contributed by atoms with E-state index in [4.69, 9.17) is 10.5 Å². The van der Waals surface area contributed by atoms with Crippen LogP contribution in [0, 0.1) is 10.1 Å². The molecule has 0 saturated carbocycles. The quantitative estimate of drug-likeness (QED) is 0.512. The highest BCUT2D eigenvalue weighted by Gasteiger charge is 2.25. The van der Waals surface area contributed by atoms with Crippen molar-refractivity contribution in [3.05, 3.63) is 33.9 Å². The summed E-state index contributed by atoms with van der Waals surface area (Å²) in [6.45, 7) is 1.26. The van der Waals surface area contributed by atoms with E-state index in [-0.39, 0.29) is 28.9 Å². The van der Waals surface area contributed by atoms with Gasteiger partial charge in [0.05, 0.1) is 4.92 Å². The second kappa shape index (κ2) is 5.87. The Balaban J connectivity index is 2.19. The van der Waals surface area contributed by atoms with Crippen molar-refractivity contribution in [1.29, 1.82) is 0 Å². The standard InChI is InChI=1S/C13H17N3O4/c1-15(10-4-6-20-7-5-10)13(17)9-2-3-11(14)12(8-9)16(18)19/h2-3,8,10H,4-7,14H2,1H3. The normalized spacial score (nSPS) is 15.8. The Hall–Kier alpha value is -2.15. The van der Waals surface area contributed by atoms with Crippen molar-refractivity contribution in [2.75, 3.05) is 26.0 Å². The first-order chi connectivity index (χ1) is 9.50. The first kappa shape index (κ1) is 14.3. The third kappa shape index (κ3) is 2.88. The number of nitrogens with zero attached hydrogens (tertiary/aromatic N) is 2. The van der Waals surface area contributed by atoms with Crippen LogP contribution in [-0.4, -0.2) is 42.0 Å². The number of benzene rings is 1. The van der Waals surface area contributed by atoms with E-state index >= 15 is 0 Å². The van der Waals surface area contributed by atoms with Crippen molar-refractivity contribution in [3.8, 4) is 0 Å². The summed E-state index contributed by atoms with van der Waals surface area (Å²) < 4.78 is 5.26. The molecule has 1 aliphatic rings. The number of carbonyl (C=O) groups is 1. The third-order valence-corrected chi connectivity index (χ3v) is 3.53. The minimum absolute atomic E-state index is 0.0558. The molecule has 2 rings (SSSR count). The molecule has 2 N–H and O–H groups in total. The van der Waals surface area contributed by atoms with E-state index in [0.29, 0.717) is 13.2 Å². The molecule has 7 heteroatoms. The molecule has 0 radical (unpaired) electrons. The minimum atomic E-state index is -0.583. The van der Waals surface area contributed by atoms with Crippen molar-refractivity contribution in [2.45, 2.75) is 18.9 Å². The molecule has 108 valence electrons. The maximum absolute atomic E-state index is 12.4. The Bertz CT molecular complexity index is 526. The van der Waals surface area contributed by atoms with Gasteiger partial charge in [-0.2, -0.15) is 0 Å². The zero-order valence-electron chi connectivity index (χ0n) is 11.2. The largest absolute Gasteiger partial charge is 0.393 e. The fraction of sp³-hybridized carbons (Fsp3) is 0.462. The van der Waals surface area contributed by atoms with Gasteiger partial charge in [-0.1, -0.05) is 0 Å². The van der Waals surface area contributed by atoms with Crippen molar-refractivity contribution in [3.63, 3.8) is 0 Å². The smallest absolute Gasteiger partial charge is 0.292 e. The summed E-state index contributed by atoms with van der Waals surface area (Å²) in [6.07, 6.45) is 1.55. The van der Waals surface area contributed by atoms with E-state index in [0.717, 1.165) is 12.8 Å². The lowest BCUT2D eigenvalue weighted by Gasteiger charge is -2.31. The average Bonchev–Trinajstić information content (AvgIpc) is 2.47. The summed E-state index contributed by atoms with van der Waals surface area (Å²) in [7, 11) is 1.71. The van der Waals surface area contributed by atoms with E-state index in [1.807, 2.05) is 0 Å². The number of nitro benzene ring substituents is 1. The van der Waals surface area contributed by atoms with Crippen molar-refractivity contribution in [2.24, 2.45) is 0 Å². The highest BCUT2D eigenvalue weighted by molar-refractivity contribution is 5.95. The van der Waals surface area contributed by atoms with Crippen LogP contribution in [0.15, 0.2) is 18.2 Å². The molecule has 1 fully saturated rings. The van der Waals surface area contributed by atoms with Gasteiger partial charge in [-0.15, -0.1) is 0 Å². The number of nitrogens with two attached hydrogens (primary N) is 1. The fourth-order valence-corrected chi connectivity index (χ4v) is 2.28. The molecule has 7 nitrogen and oxygen atoms in total. The predicted molar refractivity (Wildman–Crippen MR) is 73.4 cm³/mol. The molecule has 1 aliphatic heterocycles. The first-order valence-corrected chi connectivity index (χ1v) is 6.39. The molecule has 1 heterocycles. The van der Waals surface area contributed by atoms with Crippen LogP contribution in [0.3, 0.4) is 0 Å². The number of carbonyl (C=O) groups excluding carboxylic acids is 1. The molecule has 1 saturated heterocycles. The van der Waals surface area contributed by atoms with Gasteiger partial charge in [-0.05, 0) is 25.0 Å². The zero-order valence-corrected chi connectivity index (χ0v) is 11.2. The molecule has 1 aromatic rings. The Morgan fingerprint density at radius 1 is 1.45 bits per heavy atom. The summed E-state index contributed by atoms with van der Waals surface area (Å²) in [5.41, 5.74) is 5.62. The topological polar surface area (TPSA) is 98.7 Å². The molecule has 1 aromatic carbocycles. The molecule has 0 aliphatic carbocycles. The van der Waals surface area contributed by atoms with Gasteiger partial charge in [0, 0.05) is 37.9 Å². The molecule has 1 amide bonds. The van der Waals surface area contributed by atoms with Crippen LogP contribution < -0.4 is 5.73 Å². The lowest BCUT2D eigenvalue weighted by Crippen LogP contribution is -2.40. The predicted octanol–water partition coefficient (Wildman–Crippen LogP) is 1.43. The SMILES string of the molecule is CN(C(=O)c1ccc(N)c([N+](=O)[O-])c1)C1CCOCC1. The van der Waals surface area contributed by atoms with Crippen LogP contribution >= 0.6 is 0 Å². The van der Waals surface area contributed by atoms with Crippen LogP contribution in [0.25, 0.3) is 0 Å². The van der Waals surface area contributed by atoms with Crippen LogP contribution in [0.4, 0.5) is 11.4 Å². The van der Waals surface area contributed by atoms with Crippen LogP contribution in [0.5, 0.6) is 0 Å². The number of rotatable bonds is 3. The summed E-state index contributed by atoms with van der Waals surface area (Å²) >= 11 is 0. The summed E-state index contributed by atoms with van der Waals surface area (Å²) in [4.78, 5) is 24.2. The van der Waals surface area contributed by atoms with E-state index in [1.54, 1.807) is 11.9 Å². The second-order valence-electron chi connectivity index (χ2n) is 4.79. The van der Waals surface area contributed by atoms with E-state index in [1.165, 1.54) is 18.2 Å². The van der Waals surface area contributed by atoms with Crippen LogP contribution in [-0.2, 0) is 4.74 Å². The maximum Gasteiger partial charge on any atom is 0.292 e. The van der Waals surface area contributed by atoms with Crippen molar-refractivity contribution >= 4 is 17.3 Å². The van der Waals surface area contributed by atoms with Gasteiger partial charge in [0.15, 0.2) is 0 Å². The molecular formula is C13H17N3O4. The zero-order chi connectivity index (χ0) is 14.7. The highest BCUT2D eigenvalue weighted by atomic mass is 16.6. The van der Waals surface area contributed by atoms with E-state index in [9.17, 15) is 14.9 Å². The molecule has 20 heavy (non-hydrogen) atoms. The van der Waals surface area contributed by atoms with E-state index < -0.39 is 4.92 Å². The second-order valence-corrected chi connectivity index (χ2v) is 4.79. The number of hydrogen-bond donors (Lipinski definition) is 1. The Labute approximate surface area is 116 Å². The van der Waals surface area contributed by atoms with Gasteiger partial charge in [0.1, 0.15) is 5.69 Å². The molecule has 0 aromatic heterocycles. The Morgan fingerprint density at radius 2 is 2.10 bits per heavy atom. The molecule has 0 unspecified atom stereocenters. The Morgan fingerprint density at radius 3 is 2.70 bits per heavy atom. The summed E-state index contributed by atoms with van der Waals surface area (Å²) in [5.74, 6) is -0.236. The maximum atomic E-state index is 12.4. The summed E-state index contributed by atoms with van der Waals surface area (Å²) in [5, 5.41) is 10.9. The Kier molecular flexibility index (Phi) is 4.19. The number of anilines is 1. The van der Waals surface area contributed by atoms with Crippen LogP contribution in [0.2, 0.25) is 0 Å². The number of hydrogen-bond acceptors (Lipinski definition) is 5. The number of amides is 1. The molecular weight excluding hydrogens is 262 g/mol. The number of ether oxygens (including phenoxy) is 1. The average molecular weight is 279 g/mol. The van der Waals surface area contributed by atoms with E-state index in [2.05, 4.69) is 0 Å². The lowest BCUT2D eigenvalue weighted by molar-refractivity contribution is -0.383. The monoisotopic (exact) mass is 279 g/mol. The van der Waals surface area contributed by atoms with Gasteiger partial charge in [-0.3, -0.25) is 14.9 Å². The van der Waals surface area contributed by atoms with Gasteiger partial charge in [-0.25, -0.2) is 0 Å². The third-order valence-electron chi connectivity index (χ3n) is 3.53. The van der Waals surface area contributed by atoms with Crippen molar-refractivity contribution < 1.29 is 14.5 Å². The highest BCUT2D eigenvalue weighted by Crippen LogP contribution is 2.24. The molecule has 0 spiro atoms.